The van der Waals surface area contributed by atoms with E-state index in [1.54, 1.807) is 26.2 Å². The zero-order valence-corrected chi connectivity index (χ0v) is 12.8. The van der Waals surface area contributed by atoms with Crippen LogP contribution in [-0.4, -0.2) is 45.9 Å². The second-order valence-electron chi connectivity index (χ2n) is 4.99. The predicted molar refractivity (Wildman–Crippen MR) is 81.0 cm³/mol. The number of rotatable bonds is 5. The number of hydrogen-bond donors (Lipinski definition) is 2. The third-order valence-corrected chi connectivity index (χ3v) is 2.87. The number of aromatic nitrogens is 3. The van der Waals surface area contributed by atoms with E-state index in [0.717, 1.165) is 5.56 Å². The molecular weight excluding hydrogens is 303 g/mol. The lowest BCUT2D eigenvalue weighted by Crippen LogP contribution is -2.29. The van der Waals surface area contributed by atoms with Crippen molar-refractivity contribution in [2.24, 2.45) is 0 Å². The summed E-state index contributed by atoms with van der Waals surface area (Å²) < 4.78 is 12.8. The first kappa shape index (κ1) is 16.4. The van der Waals surface area contributed by atoms with Gasteiger partial charge in [0.25, 0.3) is 0 Å². The molecule has 0 fully saturated rings. The standard InChI is InChI=1S/C14H17FN6O2/c1-20(2)14(23)18-12-8-17-21(19-12)9-13(22)16-7-10-3-5-11(15)6-4-10/h3-6,8H,7,9H2,1-2H3,(H,16,22)(H,18,19,23). The maximum Gasteiger partial charge on any atom is 0.322 e. The molecule has 9 heteroatoms. The Morgan fingerprint density at radius 1 is 1.26 bits per heavy atom. The van der Waals surface area contributed by atoms with Gasteiger partial charge >= 0.3 is 6.03 Å². The average molecular weight is 320 g/mol. The van der Waals surface area contributed by atoms with E-state index in [0.29, 0.717) is 0 Å². The highest BCUT2D eigenvalue weighted by Gasteiger charge is 2.09. The molecule has 1 aromatic carbocycles. The van der Waals surface area contributed by atoms with Crippen molar-refractivity contribution in [3.05, 3.63) is 41.8 Å². The van der Waals surface area contributed by atoms with Gasteiger partial charge in [-0.15, -0.1) is 5.10 Å². The summed E-state index contributed by atoms with van der Waals surface area (Å²) in [6, 6.07) is 5.51. The molecule has 2 aromatic rings. The number of nitrogens with one attached hydrogen (secondary N) is 2. The molecule has 0 atom stereocenters. The van der Waals surface area contributed by atoms with Crippen LogP contribution >= 0.6 is 0 Å². The number of carbonyl (C=O) groups is 2. The van der Waals surface area contributed by atoms with Crippen molar-refractivity contribution in [2.45, 2.75) is 13.1 Å². The summed E-state index contributed by atoms with van der Waals surface area (Å²) >= 11 is 0. The Balaban J connectivity index is 1.82. The van der Waals surface area contributed by atoms with E-state index in [9.17, 15) is 14.0 Å². The van der Waals surface area contributed by atoms with Gasteiger partial charge in [-0.25, -0.2) is 9.18 Å². The van der Waals surface area contributed by atoms with Crippen molar-refractivity contribution >= 4 is 17.8 Å². The Bertz CT molecular complexity index is 683. The molecule has 122 valence electrons. The number of anilines is 1. The van der Waals surface area contributed by atoms with Gasteiger partial charge in [-0.1, -0.05) is 12.1 Å². The van der Waals surface area contributed by atoms with E-state index in [1.807, 2.05) is 0 Å². The average Bonchev–Trinajstić information content (AvgIpc) is 2.93. The van der Waals surface area contributed by atoms with Gasteiger partial charge in [-0.2, -0.15) is 9.90 Å². The highest BCUT2D eigenvalue weighted by molar-refractivity contribution is 5.87. The zero-order chi connectivity index (χ0) is 16.8. The van der Waals surface area contributed by atoms with Crippen molar-refractivity contribution in [3.63, 3.8) is 0 Å². The SMILES string of the molecule is CN(C)C(=O)Nc1cnn(CC(=O)NCc2ccc(F)cc2)n1. The van der Waals surface area contributed by atoms with Gasteiger partial charge in [0.2, 0.25) is 5.91 Å². The van der Waals surface area contributed by atoms with Crippen molar-refractivity contribution in [1.82, 2.24) is 25.2 Å². The molecule has 2 N–H and O–H groups in total. The first-order valence-corrected chi connectivity index (χ1v) is 6.83. The van der Waals surface area contributed by atoms with Crippen LogP contribution in [0.3, 0.4) is 0 Å². The molecule has 23 heavy (non-hydrogen) atoms. The van der Waals surface area contributed by atoms with Crippen LogP contribution in [0, 0.1) is 5.82 Å². The smallest absolute Gasteiger partial charge is 0.322 e. The summed E-state index contributed by atoms with van der Waals surface area (Å²) in [5.41, 5.74) is 0.784. The molecule has 1 heterocycles. The van der Waals surface area contributed by atoms with Crippen LogP contribution in [0.5, 0.6) is 0 Å². The summed E-state index contributed by atoms with van der Waals surface area (Å²) in [7, 11) is 3.20. The first-order valence-electron chi connectivity index (χ1n) is 6.83. The van der Waals surface area contributed by atoms with Gasteiger partial charge < -0.3 is 10.2 Å². The molecule has 3 amide bonds. The lowest BCUT2D eigenvalue weighted by atomic mass is 10.2. The van der Waals surface area contributed by atoms with E-state index < -0.39 is 0 Å². The Labute approximate surface area is 132 Å². The maximum atomic E-state index is 12.8. The van der Waals surface area contributed by atoms with E-state index in [4.69, 9.17) is 0 Å². The third-order valence-electron chi connectivity index (χ3n) is 2.87. The third kappa shape index (κ3) is 5.06. The van der Waals surface area contributed by atoms with Gasteiger partial charge in [0.15, 0.2) is 5.82 Å². The first-order chi connectivity index (χ1) is 10.9. The van der Waals surface area contributed by atoms with Crippen LogP contribution < -0.4 is 10.6 Å². The Hall–Kier alpha value is -2.97. The summed E-state index contributed by atoms with van der Waals surface area (Å²) in [5.74, 6) is -0.362. The summed E-state index contributed by atoms with van der Waals surface area (Å²) in [5, 5.41) is 13.1. The van der Waals surface area contributed by atoms with Crippen LogP contribution in [-0.2, 0) is 17.9 Å². The topological polar surface area (TPSA) is 92.2 Å². The molecular formula is C14H17FN6O2. The molecule has 2 rings (SSSR count). The molecule has 0 spiro atoms. The molecule has 0 aliphatic heterocycles. The highest BCUT2D eigenvalue weighted by atomic mass is 19.1. The normalized spacial score (nSPS) is 10.2. The minimum absolute atomic E-state index is 0.0843. The van der Waals surface area contributed by atoms with Gasteiger partial charge in [-0.05, 0) is 17.7 Å². The summed E-state index contributed by atoms with van der Waals surface area (Å²) in [6.07, 6.45) is 1.36. The minimum atomic E-state index is -0.335. The Morgan fingerprint density at radius 3 is 2.61 bits per heavy atom. The lowest BCUT2D eigenvalue weighted by molar-refractivity contribution is -0.122. The number of hydrogen-bond acceptors (Lipinski definition) is 4. The monoisotopic (exact) mass is 320 g/mol. The largest absolute Gasteiger partial charge is 0.350 e. The number of carbonyl (C=O) groups excluding carboxylic acids is 2. The van der Waals surface area contributed by atoms with E-state index in [1.165, 1.54) is 28.0 Å². The highest BCUT2D eigenvalue weighted by Crippen LogP contribution is 2.02. The summed E-state index contributed by atoms with van der Waals surface area (Å²) in [4.78, 5) is 25.8. The Kier molecular flexibility index (Phi) is 5.23. The quantitative estimate of drug-likeness (QED) is 0.853. The van der Waals surface area contributed by atoms with Gasteiger partial charge in [-0.3, -0.25) is 10.1 Å². The van der Waals surface area contributed by atoms with Crippen LogP contribution in [0.2, 0.25) is 0 Å². The van der Waals surface area contributed by atoms with E-state index in [2.05, 4.69) is 20.8 Å². The van der Waals surface area contributed by atoms with Crippen molar-refractivity contribution < 1.29 is 14.0 Å². The minimum Gasteiger partial charge on any atom is -0.350 e. The molecule has 0 saturated heterocycles. The predicted octanol–water partition coefficient (Wildman–Crippen LogP) is 0.827. The molecule has 1 aromatic heterocycles. The molecule has 0 unspecified atom stereocenters. The molecule has 0 bridgehead atoms. The van der Waals surface area contributed by atoms with Gasteiger partial charge in [0, 0.05) is 20.6 Å². The fraction of sp³-hybridized carbons (Fsp3) is 0.286. The zero-order valence-electron chi connectivity index (χ0n) is 12.8. The van der Waals surface area contributed by atoms with Gasteiger partial charge in [0.1, 0.15) is 12.4 Å². The van der Waals surface area contributed by atoms with Crippen molar-refractivity contribution in [3.8, 4) is 0 Å². The number of amides is 3. The molecule has 0 aliphatic carbocycles. The molecule has 0 aliphatic rings. The maximum absolute atomic E-state index is 12.8. The number of benzene rings is 1. The number of urea groups is 1. The van der Waals surface area contributed by atoms with Crippen LogP contribution in [0.15, 0.2) is 30.5 Å². The van der Waals surface area contributed by atoms with Crippen LogP contribution in [0.4, 0.5) is 15.0 Å². The van der Waals surface area contributed by atoms with Crippen LogP contribution in [0.25, 0.3) is 0 Å². The fourth-order valence-electron chi connectivity index (χ4n) is 1.64. The summed E-state index contributed by atoms with van der Waals surface area (Å²) in [6.45, 7) is 0.198. The second-order valence-corrected chi connectivity index (χ2v) is 4.99. The lowest BCUT2D eigenvalue weighted by Gasteiger charge is -2.09. The number of nitrogens with zero attached hydrogens (tertiary/aromatic N) is 4. The Morgan fingerprint density at radius 2 is 1.96 bits per heavy atom. The molecule has 8 nitrogen and oxygen atoms in total. The fourth-order valence-corrected chi connectivity index (χ4v) is 1.64. The van der Waals surface area contributed by atoms with Crippen molar-refractivity contribution in [1.29, 1.82) is 0 Å². The van der Waals surface area contributed by atoms with E-state index >= 15 is 0 Å². The van der Waals surface area contributed by atoms with Gasteiger partial charge in [0.05, 0.1) is 6.20 Å². The van der Waals surface area contributed by atoms with Crippen molar-refractivity contribution in [2.75, 3.05) is 19.4 Å². The molecule has 0 saturated carbocycles. The number of halogens is 1. The van der Waals surface area contributed by atoms with Crippen LogP contribution in [0.1, 0.15) is 5.56 Å². The second kappa shape index (κ2) is 7.34. The van der Waals surface area contributed by atoms with E-state index in [-0.39, 0.29) is 36.7 Å². The molecule has 0 radical (unpaired) electrons.